The van der Waals surface area contributed by atoms with Gasteiger partial charge in [0.15, 0.2) is 11.5 Å². The molecule has 0 aliphatic rings. The number of nitrogens with one attached hydrogen (secondary N) is 1. The van der Waals surface area contributed by atoms with Crippen molar-refractivity contribution in [2.75, 3.05) is 6.54 Å². The lowest BCUT2D eigenvalue weighted by atomic mass is 9.96. The minimum atomic E-state index is -0.200. The summed E-state index contributed by atoms with van der Waals surface area (Å²) in [5, 5.41) is 6.90. The Balaban J connectivity index is 1.73. The van der Waals surface area contributed by atoms with E-state index in [1.165, 1.54) is 0 Å². The van der Waals surface area contributed by atoms with Crippen molar-refractivity contribution in [3.63, 3.8) is 0 Å². The summed E-state index contributed by atoms with van der Waals surface area (Å²) in [6.07, 6.45) is 2.44. The van der Waals surface area contributed by atoms with E-state index in [2.05, 4.69) is 41.2 Å². The van der Waals surface area contributed by atoms with E-state index in [0.717, 1.165) is 11.3 Å². The zero-order chi connectivity index (χ0) is 19.8. The molecule has 7 nitrogen and oxygen atoms in total. The van der Waals surface area contributed by atoms with Gasteiger partial charge in [-0.15, -0.1) is 0 Å². The van der Waals surface area contributed by atoms with Crippen LogP contribution in [0.2, 0.25) is 0 Å². The fourth-order valence-electron chi connectivity index (χ4n) is 2.77. The number of pyridine rings is 1. The second kappa shape index (κ2) is 6.79. The highest BCUT2D eigenvalue weighted by Crippen LogP contribution is 2.24. The van der Waals surface area contributed by atoms with Gasteiger partial charge in [0.1, 0.15) is 5.82 Å². The Labute approximate surface area is 159 Å². The Morgan fingerprint density at radius 2 is 1.85 bits per heavy atom. The van der Waals surface area contributed by atoms with Gasteiger partial charge in [-0.1, -0.05) is 52.8 Å². The molecule has 1 N–H and O–H groups in total. The molecule has 0 unspecified atom stereocenters. The number of hydrogen-bond acceptors (Lipinski definition) is 5. The lowest BCUT2D eigenvalue weighted by molar-refractivity contribution is 0.0951. The molecule has 3 aromatic rings. The van der Waals surface area contributed by atoms with Gasteiger partial charge in [0.25, 0.3) is 5.91 Å². The SMILES string of the molecule is CC(C)(C)c1nc(CCNC(=O)c2nc(C(C)(C)C)n3ccccc23)no1. The van der Waals surface area contributed by atoms with Crippen LogP contribution in [0.25, 0.3) is 5.52 Å². The molecule has 0 aliphatic carbocycles. The summed E-state index contributed by atoms with van der Waals surface area (Å²) in [6, 6.07) is 5.76. The largest absolute Gasteiger partial charge is 0.350 e. The second-order valence-electron chi connectivity index (χ2n) is 8.76. The highest BCUT2D eigenvalue weighted by atomic mass is 16.5. The number of hydrogen-bond donors (Lipinski definition) is 1. The van der Waals surface area contributed by atoms with Crippen LogP contribution in [-0.2, 0) is 17.3 Å². The minimum Gasteiger partial charge on any atom is -0.350 e. The molecule has 7 heteroatoms. The summed E-state index contributed by atoms with van der Waals surface area (Å²) in [6.45, 7) is 12.7. The van der Waals surface area contributed by atoms with E-state index >= 15 is 0 Å². The van der Waals surface area contributed by atoms with Crippen LogP contribution in [0.4, 0.5) is 0 Å². The number of carbonyl (C=O) groups is 1. The summed E-state index contributed by atoms with van der Waals surface area (Å²) < 4.78 is 7.26. The van der Waals surface area contributed by atoms with Crippen LogP contribution in [0, 0.1) is 0 Å². The summed E-state index contributed by atoms with van der Waals surface area (Å²) in [7, 11) is 0. The van der Waals surface area contributed by atoms with E-state index < -0.39 is 0 Å². The maximum atomic E-state index is 12.7. The van der Waals surface area contributed by atoms with Gasteiger partial charge in [0.05, 0.1) is 5.52 Å². The Kier molecular flexibility index (Phi) is 4.80. The van der Waals surface area contributed by atoms with Crippen LogP contribution in [0.5, 0.6) is 0 Å². The first-order valence-electron chi connectivity index (χ1n) is 9.16. The molecule has 27 heavy (non-hydrogen) atoms. The van der Waals surface area contributed by atoms with Crippen molar-refractivity contribution in [3.05, 3.63) is 47.6 Å². The van der Waals surface area contributed by atoms with E-state index in [4.69, 9.17) is 4.52 Å². The first kappa shape index (κ1) is 19.1. The molecule has 1 amide bonds. The van der Waals surface area contributed by atoms with E-state index in [9.17, 15) is 4.79 Å². The highest BCUT2D eigenvalue weighted by Gasteiger charge is 2.25. The number of fused-ring (bicyclic) bond motifs is 1. The third-order valence-electron chi connectivity index (χ3n) is 4.18. The number of aromatic nitrogens is 4. The van der Waals surface area contributed by atoms with Gasteiger partial charge in [-0.05, 0) is 12.1 Å². The first-order valence-corrected chi connectivity index (χ1v) is 9.16. The fourth-order valence-corrected chi connectivity index (χ4v) is 2.77. The van der Waals surface area contributed by atoms with E-state index in [0.29, 0.717) is 30.4 Å². The van der Waals surface area contributed by atoms with Crippen molar-refractivity contribution in [2.45, 2.75) is 58.8 Å². The van der Waals surface area contributed by atoms with Crippen molar-refractivity contribution in [1.82, 2.24) is 24.8 Å². The van der Waals surface area contributed by atoms with Crippen molar-refractivity contribution >= 4 is 11.4 Å². The zero-order valence-electron chi connectivity index (χ0n) is 16.8. The maximum absolute atomic E-state index is 12.7. The number of rotatable bonds is 4. The highest BCUT2D eigenvalue weighted by molar-refractivity contribution is 5.99. The number of nitrogens with zero attached hydrogens (tertiary/aromatic N) is 4. The Hall–Kier alpha value is -2.70. The molecule has 3 heterocycles. The Bertz CT molecular complexity index is 957. The van der Waals surface area contributed by atoms with Crippen LogP contribution in [0.3, 0.4) is 0 Å². The molecule has 0 aromatic carbocycles. The monoisotopic (exact) mass is 369 g/mol. The standard InChI is InChI=1S/C20H27N5O2/c1-19(2,3)17-23-15(13-9-7-8-12-25(13)17)16(26)21-11-10-14-22-18(27-24-14)20(4,5)6/h7-9,12H,10-11H2,1-6H3,(H,21,26). The van der Waals surface area contributed by atoms with Gasteiger partial charge in [0.2, 0.25) is 5.89 Å². The minimum absolute atomic E-state index is 0.170. The first-order chi connectivity index (χ1) is 12.6. The molecular weight excluding hydrogens is 342 g/mol. The molecule has 0 saturated heterocycles. The van der Waals surface area contributed by atoms with Crippen molar-refractivity contribution in [1.29, 1.82) is 0 Å². The molecule has 0 fully saturated rings. The van der Waals surface area contributed by atoms with Gasteiger partial charge < -0.3 is 14.2 Å². The fraction of sp³-hybridized carbons (Fsp3) is 0.500. The maximum Gasteiger partial charge on any atom is 0.272 e. The molecule has 3 aromatic heterocycles. The van der Waals surface area contributed by atoms with Gasteiger partial charge in [0, 0.05) is 30.0 Å². The third-order valence-corrected chi connectivity index (χ3v) is 4.18. The van der Waals surface area contributed by atoms with Crippen molar-refractivity contribution < 1.29 is 9.32 Å². The average molecular weight is 369 g/mol. The lowest BCUT2D eigenvalue weighted by Crippen LogP contribution is -2.26. The zero-order valence-corrected chi connectivity index (χ0v) is 16.8. The average Bonchev–Trinajstić information content (AvgIpc) is 3.18. The topological polar surface area (TPSA) is 85.3 Å². The Morgan fingerprint density at radius 3 is 2.48 bits per heavy atom. The third kappa shape index (κ3) is 4.02. The molecule has 0 radical (unpaired) electrons. The lowest BCUT2D eigenvalue weighted by Gasteiger charge is -2.16. The smallest absolute Gasteiger partial charge is 0.272 e. The predicted octanol–water partition coefficient (Wildman–Crippen LogP) is 3.28. The quantitative estimate of drug-likeness (QED) is 0.763. The molecule has 0 aliphatic heterocycles. The van der Waals surface area contributed by atoms with Crippen LogP contribution < -0.4 is 5.32 Å². The number of amides is 1. The van der Waals surface area contributed by atoms with E-state index in [1.54, 1.807) is 0 Å². The summed E-state index contributed by atoms with van der Waals surface area (Å²) in [4.78, 5) is 21.7. The molecular formula is C20H27N5O2. The number of carbonyl (C=O) groups excluding carboxylic acids is 1. The molecule has 0 spiro atoms. The normalized spacial score (nSPS) is 12.5. The van der Waals surface area contributed by atoms with Gasteiger partial charge >= 0.3 is 0 Å². The molecule has 3 rings (SSSR count). The van der Waals surface area contributed by atoms with E-state index in [-0.39, 0.29) is 16.7 Å². The van der Waals surface area contributed by atoms with Gasteiger partial charge in [-0.3, -0.25) is 4.79 Å². The molecule has 0 atom stereocenters. The summed E-state index contributed by atoms with van der Waals surface area (Å²) in [5.74, 6) is 1.84. The van der Waals surface area contributed by atoms with Crippen molar-refractivity contribution in [3.8, 4) is 0 Å². The van der Waals surface area contributed by atoms with Gasteiger partial charge in [-0.2, -0.15) is 4.98 Å². The van der Waals surface area contributed by atoms with Crippen LogP contribution >= 0.6 is 0 Å². The predicted molar refractivity (Wildman–Crippen MR) is 103 cm³/mol. The second-order valence-corrected chi connectivity index (χ2v) is 8.76. The molecule has 0 bridgehead atoms. The van der Waals surface area contributed by atoms with Crippen LogP contribution in [-0.4, -0.2) is 32.0 Å². The van der Waals surface area contributed by atoms with E-state index in [1.807, 2.05) is 49.6 Å². The van der Waals surface area contributed by atoms with Crippen LogP contribution in [0.15, 0.2) is 28.9 Å². The summed E-state index contributed by atoms with van der Waals surface area (Å²) in [5.41, 5.74) is 0.878. The van der Waals surface area contributed by atoms with Crippen LogP contribution in [0.1, 0.15) is 69.6 Å². The molecule has 144 valence electrons. The summed E-state index contributed by atoms with van der Waals surface area (Å²) >= 11 is 0. The van der Waals surface area contributed by atoms with Crippen molar-refractivity contribution in [2.24, 2.45) is 0 Å². The Morgan fingerprint density at radius 1 is 1.11 bits per heavy atom. The van der Waals surface area contributed by atoms with Gasteiger partial charge in [-0.25, -0.2) is 4.98 Å². The number of imidazole rings is 1. The molecule has 0 saturated carbocycles.